The van der Waals surface area contributed by atoms with E-state index < -0.39 is 0 Å². The lowest BCUT2D eigenvalue weighted by Crippen LogP contribution is -2.09. The van der Waals surface area contributed by atoms with Gasteiger partial charge in [0.15, 0.2) is 5.13 Å². The van der Waals surface area contributed by atoms with Crippen LogP contribution in [0.15, 0.2) is 29.6 Å². The highest BCUT2D eigenvalue weighted by molar-refractivity contribution is 7.21. The third kappa shape index (κ3) is 2.52. The van der Waals surface area contributed by atoms with Gasteiger partial charge in [-0.05, 0) is 42.5 Å². The summed E-state index contributed by atoms with van der Waals surface area (Å²) in [6.07, 6.45) is 2.43. The Hall–Kier alpha value is -1.92. The molecule has 1 aliphatic rings. The first-order valence-electron chi connectivity index (χ1n) is 6.75. The van der Waals surface area contributed by atoms with Gasteiger partial charge in [0.25, 0.3) is 5.91 Å². The molecule has 0 saturated heterocycles. The summed E-state index contributed by atoms with van der Waals surface area (Å²) in [6.45, 7) is 0. The number of rotatable bonds is 3. The van der Waals surface area contributed by atoms with E-state index in [0.29, 0.717) is 21.6 Å². The molecule has 0 aliphatic heterocycles. The lowest BCUT2D eigenvalue weighted by molar-refractivity contribution is 0.103. The number of anilines is 2. The summed E-state index contributed by atoms with van der Waals surface area (Å²) in [4.78, 5) is 17.5. The fourth-order valence-electron chi connectivity index (χ4n) is 2.24. The van der Waals surface area contributed by atoms with Gasteiger partial charge < -0.3 is 5.73 Å². The number of carbonyl (C=O) groups is 1. The number of carbonyl (C=O) groups excluding carboxylic acids is 1. The van der Waals surface area contributed by atoms with Crippen LogP contribution in [0.5, 0.6) is 0 Å². The first kappa shape index (κ1) is 12.8. The van der Waals surface area contributed by atoms with Crippen molar-refractivity contribution in [1.82, 2.24) is 4.98 Å². The highest BCUT2D eigenvalue weighted by Crippen LogP contribution is 2.41. The van der Waals surface area contributed by atoms with Crippen molar-refractivity contribution in [2.24, 2.45) is 0 Å². The van der Waals surface area contributed by atoms with Gasteiger partial charge in [0, 0.05) is 21.7 Å². The van der Waals surface area contributed by atoms with Gasteiger partial charge in [-0.15, -0.1) is 22.7 Å². The van der Waals surface area contributed by atoms with Crippen LogP contribution in [0, 0.1) is 0 Å². The van der Waals surface area contributed by atoms with Crippen LogP contribution >= 0.6 is 22.7 Å². The van der Waals surface area contributed by atoms with E-state index in [1.165, 1.54) is 35.5 Å². The zero-order chi connectivity index (χ0) is 14.4. The summed E-state index contributed by atoms with van der Waals surface area (Å²) < 4.78 is 1.06. The van der Waals surface area contributed by atoms with E-state index in [0.717, 1.165) is 15.8 Å². The molecule has 4 nitrogen and oxygen atoms in total. The number of hydrogen-bond donors (Lipinski definition) is 2. The second-order valence-corrected chi connectivity index (χ2v) is 7.16. The molecule has 6 heteroatoms. The summed E-state index contributed by atoms with van der Waals surface area (Å²) in [5.74, 6) is 0.505. The molecule has 3 aromatic rings. The molecule has 0 bridgehead atoms. The molecule has 1 fully saturated rings. The fourth-order valence-corrected chi connectivity index (χ4v) is 3.97. The van der Waals surface area contributed by atoms with Crippen molar-refractivity contribution in [2.75, 3.05) is 11.1 Å². The third-order valence-electron chi connectivity index (χ3n) is 3.50. The predicted molar refractivity (Wildman–Crippen MR) is 88.3 cm³/mol. The van der Waals surface area contributed by atoms with Crippen molar-refractivity contribution in [1.29, 1.82) is 0 Å². The van der Waals surface area contributed by atoms with E-state index >= 15 is 0 Å². The molecule has 1 aromatic carbocycles. The number of fused-ring (bicyclic) bond motifs is 1. The summed E-state index contributed by atoms with van der Waals surface area (Å²) in [6, 6.07) is 7.56. The number of thiophene rings is 1. The van der Waals surface area contributed by atoms with Crippen LogP contribution in [0.3, 0.4) is 0 Å². The van der Waals surface area contributed by atoms with Crippen LogP contribution in [0.2, 0.25) is 0 Å². The van der Waals surface area contributed by atoms with Crippen molar-refractivity contribution in [3.63, 3.8) is 0 Å². The second-order valence-electron chi connectivity index (χ2n) is 5.21. The van der Waals surface area contributed by atoms with Gasteiger partial charge in [-0.1, -0.05) is 0 Å². The number of thiazole rings is 1. The highest BCUT2D eigenvalue weighted by Gasteiger charge is 2.26. The largest absolute Gasteiger partial charge is 0.399 e. The molecule has 0 unspecified atom stereocenters. The van der Waals surface area contributed by atoms with E-state index in [1.807, 2.05) is 29.6 Å². The zero-order valence-corrected chi connectivity index (χ0v) is 12.8. The molecular formula is C15H13N3OS2. The van der Waals surface area contributed by atoms with Crippen LogP contribution < -0.4 is 11.1 Å². The first-order chi connectivity index (χ1) is 10.2. The summed E-state index contributed by atoms with van der Waals surface area (Å²) in [5.41, 5.74) is 7.59. The molecule has 0 spiro atoms. The van der Waals surface area contributed by atoms with Crippen LogP contribution in [-0.4, -0.2) is 10.9 Å². The number of nitrogens with zero attached hydrogens (tertiary/aromatic N) is 1. The van der Waals surface area contributed by atoms with Gasteiger partial charge in [0.1, 0.15) is 0 Å². The zero-order valence-electron chi connectivity index (χ0n) is 11.1. The SMILES string of the molecule is Nc1ccc2sc(C(=O)Nc3nc(C4CC4)cs3)cc2c1. The number of amides is 1. The number of hydrogen-bond acceptors (Lipinski definition) is 5. The third-order valence-corrected chi connectivity index (χ3v) is 5.39. The molecule has 1 amide bonds. The number of nitrogens with one attached hydrogen (secondary N) is 1. The van der Waals surface area contributed by atoms with Crippen LogP contribution in [0.25, 0.3) is 10.1 Å². The lowest BCUT2D eigenvalue weighted by Gasteiger charge is -1.97. The standard InChI is InChI=1S/C15H13N3OS2/c16-10-3-4-12-9(5-10)6-13(21-12)14(19)18-15-17-11(7-20-15)8-1-2-8/h3-8H,1-2,16H2,(H,17,18,19). The maximum Gasteiger partial charge on any atom is 0.267 e. The van der Waals surface area contributed by atoms with Crippen molar-refractivity contribution >= 4 is 49.5 Å². The average molecular weight is 315 g/mol. The molecule has 1 saturated carbocycles. The Balaban J connectivity index is 1.57. The normalized spacial score (nSPS) is 14.5. The van der Waals surface area contributed by atoms with Crippen LogP contribution in [0.1, 0.15) is 34.1 Å². The second kappa shape index (κ2) is 4.82. The number of nitrogen functional groups attached to an aromatic ring is 1. The van der Waals surface area contributed by atoms with Gasteiger partial charge >= 0.3 is 0 Å². The Kier molecular flexibility index (Phi) is 2.94. The topological polar surface area (TPSA) is 68.0 Å². The van der Waals surface area contributed by atoms with Gasteiger partial charge in [-0.3, -0.25) is 10.1 Å². The Labute approximate surface area is 129 Å². The molecule has 106 valence electrons. The maximum atomic E-state index is 12.3. The Bertz CT molecular complexity index is 832. The monoisotopic (exact) mass is 315 g/mol. The Morgan fingerprint density at radius 3 is 3.00 bits per heavy atom. The molecule has 1 aliphatic carbocycles. The summed E-state index contributed by atoms with van der Waals surface area (Å²) in [7, 11) is 0. The van der Waals surface area contributed by atoms with Crippen molar-refractivity contribution in [3.05, 3.63) is 40.2 Å². The minimum absolute atomic E-state index is 0.105. The van der Waals surface area contributed by atoms with Crippen molar-refractivity contribution in [3.8, 4) is 0 Å². The van der Waals surface area contributed by atoms with Crippen molar-refractivity contribution in [2.45, 2.75) is 18.8 Å². The lowest BCUT2D eigenvalue weighted by atomic mass is 10.2. The van der Waals surface area contributed by atoms with Crippen LogP contribution in [-0.2, 0) is 0 Å². The van der Waals surface area contributed by atoms with E-state index in [2.05, 4.69) is 10.3 Å². The number of benzene rings is 1. The highest BCUT2D eigenvalue weighted by atomic mass is 32.1. The van der Waals surface area contributed by atoms with Gasteiger partial charge in [0.2, 0.25) is 0 Å². The Morgan fingerprint density at radius 2 is 2.19 bits per heavy atom. The van der Waals surface area contributed by atoms with Gasteiger partial charge in [0.05, 0.1) is 10.6 Å². The number of nitrogens with two attached hydrogens (primary N) is 1. The Morgan fingerprint density at radius 1 is 1.33 bits per heavy atom. The van der Waals surface area contributed by atoms with Crippen molar-refractivity contribution < 1.29 is 4.79 Å². The summed E-state index contributed by atoms with van der Waals surface area (Å²) in [5, 5.41) is 6.61. The average Bonchev–Trinajstić information content (AvgIpc) is 3.06. The minimum Gasteiger partial charge on any atom is -0.399 e. The predicted octanol–water partition coefficient (Wildman–Crippen LogP) is 4.07. The molecule has 0 atom stereocenters. The van der Waals surface area contributed by atoms with E-state index in [-0.39, 0.29) is 5.91 Å². The van der Waals surface area contributed by atoms with Gasteiger partial charge in [-0.2, -0.15) is 0 Å². The minimum atomic E-state index is -0.105. The molecule has 0 radical (unpaired) electrons. The quantitative estimate of drug-likeness (QED) is 0.716. The van der Waals surface area contributed by atoms with Crippen LogP contribution in [0.4, 0.5) is 10.8 Å². The van der Waals surface area contributed by atoms with E-state index in [1.54, 1.807) is 0 Å². The van der Waals surface area contributed by atoms with Gasteiger partial charge in [-0.25, -0.2) is 4.98 Å². The van der Waals surface area contributed by atoms with E-state index in [4.69, 9.17) is 5.73 Å². The molecule has 2 aromatic heterocycles. The molecule has 21 heavy (non-hydrogen) atoms. The van der Waals surface area contributed by atoms with E-state index in [9.17, 15) is 4.79 Å². The molecular weight excluding hydrogens is 302 g/mol. The maximum absolute atomic E-state index is 12.3. The molecule has 3 N–H and O–H groups in total. The summed E-state index contributed by atoms with van der Waals surface area (Å²) >= 11 is 2.96. The number of aromatic nitrogens is 1. The smallest absolute Gasteiger partial charge is 0.267 e. The molecule has 2 heterocycles. The first-order valence-corrected chi connectivity index (χ1v) is 8.44. The molecule has 4 rings (SSSR count). The fraction of sp³-hybridized carbons (Fsp3) is 0.200.